The number of amides is 3. The van der Waals surface area contributed by atoms with Gasteiger partial charge in [-0.1, -0.05) is 45.8 Å². The van der Waals surface area contributed by atoms with E-state index in [0.29, 0.717) is 22.6 Å². The van der Waals surface area contributed by atoms with Gasteiger partial charge >= 0.3 is 17.8 Å². The first-order valence-electron chi connectivity index (χ1n) is 12.0. The summed E-state index contributed by atoms with van der Waals surface area (Å²) in [4.78, 5) is 49.7. The standard InChI is InChI=1S/C30H23BrN4O5/c1-19-6-10-21(11-7-19)30(39)40-24-16-8-20(9-17-24)18-32-35-29(38)28(37)34-26-5-3-2-4-25(26)27(36)33-23-14-12-22(31)13-15-23/h2-18H,1H3,(H,33,36)(H,34,37)(H,35,38)/b32-18+. The van der Waals surface area contributed by atoms with Gasteiger partial charge in [0, 0.05) is 10.2 Å². The Bertz CT molecular complexity index is 1570. The van der Waals surface area contributed by atoms with E-state index in [1.54, 1.807) is 72.8 Å². The quantitative estimate of drug-likeness (QED) is 0.0872. The molecule has 0 aliphatic carbocycles. The summed E-state index contributed by atoms with van der Waals surface area (Å²) >= 11 is 3.34. The fourth-order valence-electron chi connectivity index (χ4n) is 3.39. The van der Waals surface area contributed by atoms with Crippen LogP contribution in [0.5, 0.6) is 5.75 Å². The normalized spacial score (nSPS) is 10.6. The zero-order valence-corrected chi connectivity index (χ0v) is 22.8. The lowest BCUT2D eigenvalue weighted by Crippen LogP contribution is -2.33. The van der Waals surface area contributed by atoms with Crippen LogP contribution in [-0.2, 0) is 9.59 Å². The van der Waals surface area contributed by atoms with Crippen LogP contribution in [-0.4, -0.2) is 29.9 Å². The summed E-state index contributed by atoms with van der Waals surface area (Å²) in [7, 11) is 0. The molecule has 9 nitrogen and oxygen atoms in total. The number of anilines is 2. The minimum atomic E-state index is -1.02. The van der Waals surface area contributed by atoms with Crippen LogP contribution in [0.4, 0.5) is 11.4 Å². The molecule has 4 aromatic carbocycles. The van der Waals surface area contributed by atoms with Crippen molar-refractivity contribution < 1.29 is 23.9 Å². The first-order valence-corrected chi connectivity index (χ1v) is 12.8. The number of hydrazone groups is 1. The van der Waals surface area contributed by atoms with Crippen molar-refractivity contribution in [3.8, 4) is 5.75 Å². The number of hydrogen-bond donors (Lipinski definition) is 3. The van der Waals surface area contributed by atoms with Crippen LogP contribution < -0.4 is 20.8 Å². The van der Waals surface area contributed by atoms with Crippen LogP contribution >= 0.6 is 15.9 Å². The maximum atomic E-state index is 12.7. The van der Waals surface area contributed by atoms with E-state index in [9.17, 15) is 19.2 Å². The molecule has 0 atom stereocenters. The molecule has 4 rings (SSSR count). The molecule has 0 fully saturated rings. The van der Waals surface area contributed by atoms with Crippen LogP contribution in [0.25, 0.3) is 0 Å². The number of hydrogen-bond acceptors (Lipinski definition) is 6. The van der Waals surface area contributed by atoms with Gasteiger partial charge in [-0.3, -0.25) is 14.4 Å². The summed E-state index contributed by atoms with van der Waals surface area (Å²) in [5.74, 6) is -2.62. The Balaban J connectivity index is 1.30. The van der Waals surface area contributed by atoms with Crippen molar-refractivity contribution in [2.24, 2.45) is 5.10 Å². The fourth-order valence-corrected chi connectivity index (χ4v) is 3.66. The fraction of sp³-hybridized carbons (Fsp3) is 0.0333. The second-order valence-corrected chi connectivity index (χ2v) is 9.40. The van der Waals surface area contributed by atoms with E-state index in [-0.39, 0.29) is 11.3 Å². The van der Waals surface area contributed by atoms with Crippen molar-refractivity contribution in [3.63, 3.8) is 0 Å². The summed E-state index contributed by atoms with van der Waals surface area (Å²) in [5.41, 5.74) is 5.12. The van der Waals surface area contributed by atoms with Gasteiger partial charge in [0.1, 0.15) is 5.75 Å². The third-order valence-electron chi connectivity index (χ3n) is 5.49. The minimum Gasteiger partial charge on any atom is -0.423 e. The number of carbonyl (C=O) groups is 4. The van der Waals surface area contributed by atoms with Crippen LogP contribution in [0.3, 0.4) is 0 Å². The minimum absolute atomic E-state index is 0.164. The second kappa shape index (κ2) is 13.1. The smallest absolute Gasteiger partial charge is 0.343 e. The van der Waals surface area contributed by atoms with Gasteiger partial charge in [-0.2, -0.15) is 5.10 Å². The molecule has 0 aromatic heterocycles. The van der Waals surface area contributed by atoms with Gasteiger partial charge in [-0.25, -0.2) is 10.2 Å². The van der Waals surface area contributed by atoms with E-state index in [1.807, 2.05) is 19.1 Å². The molecule has 10 heteroatoms. The number of nitrogens with one attached hydrogen (secondary N) is 3. The monoisotopic (exact) mass is 598 g/mol. The molecule has 0 spiro atoms. The van der Waals surface area contributed by atoms with Gasteiger partial charge < -0.3 is 15.4 Å². The molecule has 0 saturated carbocycles. The van der Waals surface area contributed by atoms with Gasteiger partial charge in [0.25, 0.3) is 5.91 Å². The number of para-hydroxylation sites is 1. The van der Waals surface area contributed by atoms with Crippen LogP contribution in [0.2, 0.25) is 0 Å². The highest BCUT2D eigenvalue weighted by atomic mass is 79.9. The van der Waals surface area contributed by atoms with E-state index in [2.05, 4.69) is 37.1 Å². The van der Waals surface area contributed by atoms with E-state index in [1.165, 1.54) is 18.3 Å². The SMILES string of the molecule is Cc1ccc(C(=O)Oc2ccc(/C=N/NC(=O)C(=O)Nc3ccccc3C(=O)Nc3ccc(Br)cc3)cc2)cc1. The van der Waals surface area contributed by atoms with Gasteiger partial charge in [-0.05, 0) is 85.3 Å². The number of benzene rings is 4. The van der Waals surface area contributed by atoms with Gasteiger partial charge in [0.15, 0.2) is 0 Å². The molecule has 200 valence electrons. The number of nitrogens with zero attached hydrogens (tertiary/aromatic N) is 1. The van der Waals surface area contributed by atoms with Crippen molar-refractivity contribution in [2.45, 2.75) is 6.92 Å². The highest BCUT2D eigenvalue weighted by molar-refractivity contribution is 9.10. The van der Waals surface area contributed by atoms with Crippen molar-refractivity contribution in [3.05, 3.63) is 124 Å². The molecule has 0 heterocycles. The topological polar surface area (TPSA) is 126 Å². The van der Waals surface area contributed by atoms with E-state index in [0.717, 1.165) is 10.0 Å². The summed E-state index contributed by atoms with van der Waals surface area (Å²) in [6.45, 7) is 1.93. The number of esters is 1. The lowest BCUT2D eigenvalue weighted by molar-refractivity contribution is -0.136. The molecule has 0 aliphatic rings. The van der Waals surface area contributed by atoms with E-state index < -0.39 is 23.7 Å². The summed E-state index contributed by atoms with van der Waals surface area (Å²) in [6.07, 6.45) is 1.33. The zero-order chi connectivity index (χ0) is 28.5. The van der Waals surface area contributed by atoms with Crippen molar-refractivity contribution in [1.29, 1.82) is 0 Å². The molecule has 4 aromatic rings. The number of carbonyl (C=O) groups excluding carboxylic acids is 4. The molecular weight excluding hydrogens is 576 g/mol. The Labute approximate surface area is 238 Å². The van der Waals surface area contributed by atoms with Gasteiger partial charge in [0.05, 0.1) is 23.0 Å². The summed E-state index contributed by atoms with van der Waals surface area (Å²) in [6, 6.07) is 26.8. The Hall–Kier alpha value is -5.09. The van der Waals surface area contributed by atoms with Gasteiger partial charge in [0.2, 0.25) is 0 Å². The van der Waals surface area contributed by atoms with Crippen LogP contribution in [0.15, 0.2) is 107 Å². The van der Waals surface area contributed by atoms with E-state index >= 15 is 0 Å². The second-order valence-electron chi connectivity index (χ2n) is 8.48. The maximum absolute atomic E-state index is 12.7. The average Bonchev–Trinajstić information content (AvgIpc) is 2.95. The largest absolute Gasteiger partial charge is 0.423 e. The summed E-state index contributed by atoms with van der Waals surface area (Å²) in [5, 5.41) is 8.97. The number of rotatable bonds is 7. The van der Waals surface area contributed by atoms with Crippen molar-refractivity contribution in [1.82, 2.24) is 5.43 Å². The zero-order valence-electron chi connectivity index (χ0n) is 21.2. The van der Waals surface area contributed by atoms with Gasteiger partial charge in [-0.15, -0.1) is 0 Å². The Morgan fingerprint density at radius 2 is 1.45 bits per heavy atom. The third-order valence-corrected chi connectivity index (χ3v) is 6.01. The molecule has 3 amide bonds. The van der Waals surface area contributed by atoms with E-state index in [4.69, 9.17) is 4.74 Å². The summed E-state index contributed by atoms with van der Waals surface area (Å²) < 4.78 is 6.22. The number of aryl methyl sites for hydroxylation is 1. The van der Waals surface area contributed by atoms with Crippen molar-refractivity contribution >= 4 is 57.2 Å². The first-order chi connectivity index (χ1) is 19.3. The lowest BCUT2D eigenvalue weighted by Gasteiger charge is -2.11. The molecule has 3 N–H and O–H groups in total. The molecule has 0 aliphatic heterocycles. The lowest BCUT2D eigenvalue weighted by atomic mass is 10.1. The highest BCUT2D eigenvalue weighted by Crippen LogP contribution is 2.19. The molecule has 40 heavy (non-hydrogen) atoms. The maximum Gasteiger partial charge on any atom is 0.343 e. The van der Waals surface area contributed by atoms with Crippen LogP contribution in [0, 0.1) is 6.92 Å². The predicted octanol–water partition coefficient (Wildman–Crippen LogP) is 5.32. The molecule has 0 radical (unpaired) electrons. The average molecular weight is 599 g/mol. The molecule has 0 unspecified atom stereocenters. The Kier molecular flexibility index (Phi) is 9.16. The number of halogens is 1. The Morgan fingerprint density at radius 3 is 2.15 bits per heavy atom. The predicted molar refractivity (Wildman–Crippen MR) is 155 cm³/mol. The Morgan fingerprint density at radius 1 is 0.775 bits per heavy atom. The molecule has 0 bridgehead atoms. The molecule has 0 saturated heterocycles. The van der Waals surface area contributed by atoms with Crippen LogP contribution in [0.1, 0.15) is 31.8 Å². The number of ether oxygens (including phenoxy) is 1. The van der Waals surface area contributed by atoms with Crippen molar-refractivity contribution in [2.75, 3.05) is 10.6 Å². The highest BCUT2D eigenvalue weighted by Gasteiger charge is 2.18. The molecular formula is C30H23BrN4O5. The third kappa shape index (κ3) is 7.71. The first kappa shape index (κ1) is 27.9.